The Kier molecular flexibility index (Phi) is 7.20. The van der Waals surface area contributed by atoms with Crippen molar-refractivity contribution in [1.82, 2.24) is 10.2 Å². The molecule has 1 atom stereocenters. The third-order valence-electron chi connectivity index (χ3n) is 4.26. The summed E-state index contributed by atoms with van der Waals surface area (Å²) in [5.74, 6) is 0. The Balaban J connectivity index is 2.74. The summed E-state index contributed by atoms with van der Waals surface area (Å²) in [5.41, 5.74) is 2.10. The predicted molar refractivity (Wildman–Crippen MR) is 86.0 cm³/mol. The van der Waals surface area contributed by atoms with Crippen molar-refractivity contribution in [1.29, 1.82) is 0 Å². The lowest BCUT2D eigenvalue weighted by molar-refractivity contribution is 0.150. The van der Waals surface area contributed by atoms with Crippen molar-refractivity contribution in [2.75, 3.05) is 32.8 Å². The number of hydrogen-bond acceptors (Lipinski definition) is 3. The second kappa shape index (κ2) is 8.40. The fraction of sp³-hybridized carbons (Fsp3) is 0.647. The van der Waals surface area contributed by atoms with E-state index in [1.807, 2.05) is 0 Å². The number of benzene rings is 1. The molecule has 0 aliphatic rings. The SMILES string of the molecule is CCN(CC)CCNC(CC)(CO)c1ccc(C)cc1. The van der Waals surface area contributed by atoms with Gasteiger partial charge in [0.25, 0.3) is 0 Å². The van der Waals surface area contributed by atoms with Crippen LogP contribution in [0.3, 0.4) is 0 Å². The maximum Gasteiger partial charge on any atom is 0.0666 e. The lowest BCUT2D eigenvalue weighted by Crippen LogP contribution is -2.48. The molecule has 0 heterocycles. The van der Waals surface area contributed by atoms with Gasteiger partial charge in [0.1, 0.15) is 0 Å². The van der Waals surface area contributed by atoms with Crippen molar-refractivity contribution >= 4 is 0 Å². The summed E-state index contributed by atoms with van der Waals surface area (Å²) >= 11 is 0. The van der Waals surface area contributed by atoms with Crippen LogP contribution in [0.4, 0.5) is 0 Å². The van der Waals surface area contributed by atoms with Gasteiger partial charge in [0, 0.05) is 13.1 Å². The summed E-state index contributed by atoms with van der Waals surface area (Å²) < 4.78 is 0. The van der Waals surface area contributed by atoms with Crippen molar-refractivity contribution in [3.05, 3.63) is 35.4 Å². The molecule has 0 saturated heterocycles. The van der Waals surface area contributed by atoms with Crippen molar-refractivity contribution in [3.63, 3.8) is 0 Å². The van der Waals surface area contributed by atoms with E-state index in [0.29, 0.717) is 0 Å². The highest BCUT2D eigenvalue weighted by atomic mass is 16.3. The van der Waals surface area contributed by atoms with Gasteiger partial charge in [-0.1, -0.05) is 50.6 Å². The molecular weight excluding hydrogens is 248 g/mol. The topological polar surface area (TPSA) is 35.5 Å². The molecule has 20 heavy (non-hydrogen) atoms. The summed E-state index contributed by atoms with van der Waals surface area (Å²) in [6, 6.07) is 8.47. The molecule has 0 radical (unpaired) electrons. The average Bonchev–Trinajstić information content (AvgIpc) is 2.49. The van der Waals surface area contributed by atoms with Gasteiger partial charge in [0.15, 0.2) is 0 Å². The number of nitrogens with one attached hydrogen (secondary N) is 1. The highest BCUT2D eigenvalue weighted by Gasteiger charge is 2.28. The maximum atomic E-state index is 9.90. The minimum atomic E-state index is -0.319. The monoisotopic (exact) mass is 278 g/mol. The van der Waals surface area contributed by atoms with E-state index in [4.69, 9.17) is 0 Å². The minimum absolute atomic E-state index is 0.130. The number of aryl methyl sites for hydroxylation is 1. The first-order valence-electron chi connectivity index (χ1n) is 7.77. The van der Waals surface area contributed by atoms with Gasteiger partial charge in [-0.3, -0.25) is 0 Å². The molecular formula is C17H30N2O. The van der Waals surface area contributed by atoms with Crippen LogP contribution in [0.2, 0.25) is 0 Å². The van der Waals surface area contributed by atoms with Crippen LogP contribution >= 0.6 is 0 Å². The van der Waals surface area contributed by atoms with Crippen LogP contribution in [-0.2, 0) is 5.54 Å². The summed E-state index contributed by atoms with van der Waals surface area (Å²) in [7, 11) is 0. The van der Waals surface area contributed by atoms with Gasteiger partial charge in [-0.15, -0.1) is 0 Å². The van der Waals surface area contributed by atoms with Gasteiger partial charge < -0.3 is 15.3 Å². The van der Waals surface area contributed by atoms with E-state index in [0.717, 1.165) is 32.6 Å². The van der Waals surface area contributed by atoms with Crippen LogP contribution in [-0.4, -0.2) is 42.8 Å². The summed E-state index contributed by atoms with van der Waals surface area (Å²) in [5, 5.41) is 13.5. The third kappa shape index (κ3) is 4.30. The number of likely N-dealkylation sites (N-methyl/N-ethyl adjacent to an activating group) is 1. The van der Waals surface area contributed by atoms with Crippen LogP contribution in [0.25, 0.3) is 0 Å². The van der Waals surface area contributed by atoms with Crippen LogP contribution in [0.1, 0.15) is 38.3 Å². The summed E-state index contributed by atoms with van der Waals surface area (Å²) in [6.45, 7) is 12.8. The number of nitrogens with zero attached hydrogens (tertiary/aromatic N) is 1. The van der Waals surface area contributed by atoms with Gasteiger partial charge in [0.05, 0.1) is 12.1 Å². The number of aliphatic hydroxyl groups excluding tert-OH is 1. The largest absolute Gasteiger partial charge is 0.394 e. The van der Waals surface area contributed by atoms with Crippen molar-refractivity contribution in [3.8, 4) is 0 Å². The standard InChI is InChI=1S/C17H30N2O/c1-5-17(14-20,16-10-8-15(4)9-11-16)18-12-13-19(6-2)7-3/h8-11,18,20H,5-7,12-14H2,1-4H3. The van der Waals surface area contributed by atoms with E-state index >= 15 is 0 Å². The highest BCUT2D eigenvalue weighted by Crippen LogP contribution is 2.24. The lowest BCUT2D eigenvalue weighted by atomic mass is 9.87. The predicted octanol–water partition coefficient (Wildman–Crippen LogP) is 2.52. The lowest BCUT2D eigenvalue weighted by Gasteiger charge is -2.34. The number of hydrogen-bond donors (Lipinski definition) is 2. The Bertz CT molecular complexity index is 367. The van der Waals surface area contributed by atoms with Crippen LogP contribution in [0, 0.1) is 6.92 Å². The van der Waals surface area contributed by atoms with Crippen molar-refractivity contribution in [2.45, 2.75) is 39.7 Å². The van der Waals surface area contributed by atoms with E-state index in [2.05, 4.69) is 62.2 Å². The third-order valence-corrected chi connectivity index (χ3v) is 4.26. The summed E-state index contributed by atoms with van der Waals surface area (Å²) in [6.07, 6.45) is 0.880. The van der Waals surface area contributed by atoms with Crippen molar-refractivity contribution in [2.24, 2.45) is 0 Å². The van der Waals surface area contributed by atoms with E-state index in [1.54, 1.807) is 0 Å². The van der Waals surface area contributed by atoms with E-state index < -0.39 is 0 Å². The Hall–Kier alpha value is -0.900. The molecule has 1 aromatic carbocycles. The minimum Gasteiger partial charge on any atom is -0.394 e. The molecule has 1 rings (SSSR count). The molecule has 2 N–H and O–H groups in total. The zero-order chi connectivity index (χ0) is 15.0. The molecule has 0 aromatic heterocycles. The second-order valence-electron chi connectivity index (χ2n) is 5.41. The molecule has 0 spiro atoms. The molecule has 114 valence electrons. The molecule has 0 aliphatic carbocycles. The number of rotatable bonds is 9. The van der Waals surface area contributed by atoms with Gasteiger partial charge in [-0.05, 0) is 32.0 Å². The molecule has 0 saturated carbocycles. The Morgan fingerprint density at radius 3 is 2.15 bits per heavy atom. The van der Waals surface area contributed by atoms with Crippen LogP contribution in [0.5, 0.6) is 0 Å². The van der Waals surface area contributed by atoms with Gasteiger partial charge >= 0.3 is 0 Å². The average molecular weight is 278 g/mol. The first-order chi connectivity index (χ1) is 9.61. The van der Waals surface area contributed by atoms with E-state index in [9.17, 15) is 5.11 Å². The smallest absolute Gasteiger partial charge is 0.0666 e. The van der Waals surface area contributed by atoms with Gasteiger partial charge in [0.2, 0.25) is 0 Å². The molecule has 3 heteroatoms. The molecule has 0 fully saturated rings. The Morgan fingerprint density at radius 1 is 1.10 bits per heavy atom. The molecule has 0 bridgehead atoms. The van der Waals surface area contributed by atoms with Crippen LogP contribution < -0.4 is 5.32 Å². The number of aliphatic hydroxyl groups is 1. The quantitative estimate of drug-likeness (QED) is 0.728. The molecule has 0 amide bonds. The molecule has 1 aromatic rings. The Morgan fingerprint density at radius 2 is 1.70 bits per heavy atom. The first kappa shape index (κ1) is 17.2. The second-order valence-corrected chi connectivity index (χ2v) is 5.41. The Labute approximate surface area is 124 Å². The molecule has 0 aliphatic heterocycles. The first-order valence-corrected chi connectivity index (χ1v) is 7.77. The highest BCUT2D eigenvalue weighted by molar-refractivity contribution is 5.28. The normalized spacial score (nSPS) is 14.5. The molecule has 1 unspecified atom stereocenters. The van der Waals surface area contributed by atoms with Crippen molar-refractivity contribution < 1.29 is 5.11 Å². The molecule has 3 nitrogen and oxygen atoms in total. The zero-order valence-corrected chi connectivity index (χ0v) is 13.4. The van der Waals surface area contributed by atoms with Crippen LogP contribution in [0.15, 0.2) is 24.3 Å². The van der Waals surface area contributed by atoms with E-state index in [1.165, 1.54) is 11.1 Å². The fourth-order valence-electron chi connectivity index (χ4n) is 2.56. The van der Waals surface area contributed by atoms with E-state index in [-0.39, 0.29) is 12.1 Å². The fourth-order valence-corrected chi connectivity index (χ4v) is 2.56. The summed E-state index contributed by atoms with van der Waals surface area (Å²) in [4.78, 5) is 2.39. The van der Waals surface area contributed by atoms with Gasteiger partial charge in [-0.2, -0.15) is 0 Å². The van der Waals surface area contributed by atoms with Gasteiger partial charge in [-0.25, -0.2) is 0 Å². The maximum absolute atomic E-state index is 9.90. The zero-order valence-electron chi connectivity index (χ0n) is 13.4.